The lowest BCUT2D eigenvalue weighted by molar-refractivity contribution is -0.146. The smallest absolute Gasteiger partial charge is 0.334 e. The molecule has 0 aromatic carbocycles. The van der Waals surface area contributed by atoms with E-state index in [0.717, 1.165) is 12.8 Å². The number of carbonyl (C=O) groups excluding carboxylic acids is 1. The molecule has 1 aliphatic rings. The van der Waals surface area contributed by atoms with Gasteiger partial charge >= 0.3 is 5.97 Å². The molecule has 80 valence electrons. The van der Waals surface area contributed by atoms with E-state index >= 15 is 0 Å². The van der Waals surface area contributed by atoms with Crippen molar-refractivity contribution >= 4 is 11.9 Å². The van der Waals surface area contributed by atoms with E-state index in [1.54, 1.807) is 0 Å². The molecular weight excluding hydrogens is 188 g/mol. The van der Waals surface area contributed by atoms with E-state index < -0.39 is 12.1 Å². The van der Waals surface area contributed by atoms with Crippen molar-refractivity contribution in [2.75, 3.05) is 13.1 Å². The molecule has 0 bridgehead atoms. The molecule has 1 fully saturated rings. The number of aliphatic hydroxyl groups is 1. The molecule has 0 aliphatic heterocycles. The summed E-state index contributed by atoms with van der Waals surface area (Å²) in [7, 11) is 0. The fourth-order valence-electron chi connectivity index (χ4n) is 0.885. The highest BCUT2D eigenvalue weighted by molar-refractivity contribution is 5.79. The fraction of sp³-hybridized carbons (Fsp3) is 0.750. The summed E-state index contributed by atoms with van der Waals surface area (Å²) in [6.07, 6.45) is 0.649. The van der Waals surface area contributed by atoms with Gasteiger partial charge in [0.25, 0.3) is 0 Å². The Morgan fingerprint density at radius 2 is 2.07 bits per heavy atom. The maximum absolute atomic E-state index is 11.0. The van der Waals surface area contributed by atoms with E-state index in [-0.39, 0.29) is 19.0 Å². The number of aliphatic carboxylic acids is 1. The van der Waals surface area contributed by atoms with Gasteiger partial charge in [-0.3, -0.25) is 4.79 Å². The van der Waals surface area contributed by atoms with Crippen LogP contribution in [0.3, 0.4) is 0 Å². The Kier molecular flexibility index (Phi) is 3.84. The minimum absolute atomic E-state index is 0.178. The summed E-state index contributed by atoms with van der Waals surface area (Å²) in [4.78, 5) is 21.2. The first kappa shape index (κ1) is 10.9. The third-order valence-corrected chi connectivity index (χ3v) is 1.91. The Hall–Kier alpha value is -1.14. The first-order valence-corrected chi connectivity index (χ1v) is 4.50. The number of amides is 1. The maximum Gasteiger partial charge on any atom is 0.334 e. The number of rotatable bonds is 6. The van der Waals surface area contributed by atoms with Gasteiger partial charge in [-0.05, 0) is 12.8 Å². The van der Waals surface area contributed by atoms with E-state index in [4.69, 9.17) is 10.2 Å². The van der Waals surface area contributed by atoms with E-state index in [9.17, 15) is 9.59 Å². The average molecular weight is 202 g/mol. The lowest BCUT2D eigenvalue weighted by atomic mass is 10.3. The largest absolute Gasteiger partial charge is 0.479 e. The molecule has 0 unspecified atom stereocenters. The van der Waals surface area contributed by atoms with Gasteiger partial charge in [0.1, 0.15) is 0 Å². The van der Waals surface area contributed by atoms with Crippen LogP contribution in [0.25, 0.3) is 0 Å². The predicted molar refractivity (Wildman–Crippen MR) is 47.7 cm³/mol. The number of nitrogens with one attached hydrogen (secondary N) is 2. The van der Waals surface area contributed by atoms with E-state index in [0.29, 0.717) is 6.04 Å². The van der Waals surface area contributed by atoms with Gasteiger partial charge < -0.3 is 20.8 Å². The van der Waals surface area contributed by atoms with Crippen molar-refractivity contribution in [2.45, 2.75) is 25.0 Å². The van der Waals surface area contributed by atoms with Crippen molar-refractivity contribution in [1.29, 1.82) is 0 Å². The van der Waals surface area contributed by atoms with Crippen LogP contribution in [0.2, 0.25) is 0 Å². The Bertz CT molecular complexity index is 227. The second kappa shape index (κ2) is 4.92. The molecule has 0 radical (unpaired) electrons. The van der Waals surface area contributed by atoms with E-state index in [2.05, 4.69) is 10.6 Å². The van der Waals surface area contributed by atoms with Crippen LogP contribution in [0.5, 0.6) is 0 Å². The van der Waals surface area contributed by atoms with Crippen LogP contribution >= 0.6 is 0 Å². The molecule has 0 heterocycles. The van der Waals surface area contributed by atoms with Crippen LogP contribution in [0, 0.1) is 0 Å². The quantitative estimate of drug-likeness (QED) is 0.411. The summed E-state index contributed by atoms with van der Waals surface area (Å²) >= 11 is 0. The van der Waals surface area contributed by atoms with Crippen molar-refractivity contribution in [3.05, 3.63) is 0 Å². The second-order valence-corrected chi connectivity index (χ2v) is 3.31. The summed E-state index contributed by atoms with van der Waals surface area (Å²) in [6, 6.07) is 0.435. The first-order valence-electron chi connectivity index (χ1n) is 4.50. The molecule has 0 aromatic rings. The highest BCUT2D eigenvalue weighted by atomic mass is 16.4. The van der Waals surface area contributed by atoms with Gasteiger partial charge in [0.05, 0.1) is 13.1 Å². The highest BCUT2D eigenvalue weighted by Crippen LogP contribution is 2.17. The van der Waals surface area contributed by atoms with Crippen LogP contribution in [0.4, 0.5) is 0 Å². The van der Waals surface area contributed by atoms with Gasteiger partial charge in [0, 0.05) is 6.04 Å². The molecule has 1 amide bonds. The summed E-state index contributed by atoms with van der Waals surface area (Å²) < 4.78 is 0. The Labute approximate surface area is 81.3 Å². The van der Waals surface area contributed by atoms with Gasteiger partial charge in [0.2, 0.25) is 5.91 Å². The van der Waals surface area contributed by atoms with Gasteiger partial charge in [0.15, 0.2) is 6.10 Å². The maximum atomic E-state index is 11.0. The summed E-state index contributed by atoms with van der Waals surface area (Å²) in [5, 5.41) is 22.4. The van der Waals surface area contributed by atoms with Crippen LogP contribution in [-0.2, 0) is 9.59 Å². The third kappa shape index (κ3) is 4.20. The van der Waals surface area contributed by atoms with Crippen LogP contribution < -0.4 is 10.6 Å². The SMILES string of the molecule is O=C(CNC1CC1)NC[C@H](O)C(=O)O. The molecule has 1 saturated carbocycles. The van der Waals surface area contributed by atoms with Gasteiger partial charge in [-0.2, -0.15) is 0 Å². The molecule has 0 spiro atoms. The molecule has 6 nitrogen and oxygen atoms in total. The van der Waals surface area contributed by atoms with Crippen molar-refractivity contribution in [1.82, 2.24) is 10.6 Å². The second-order valence-electron chi connectivity index (χ2n) is 3.31. The zero-order valence-electron chi connectivity index (χ0n) is 7.69. The fourth-order valence-corrected chi connectivity index (χ4v) is 0.885. The highest BCUT2D eigenvalue weighted by Gasteiger charge is 2.21. The zero-order valence-corrected chi connectivity index (χ0v) is 7.69. The Morgan fingerprint density at radius 3 is 2.57 bits per heavy atom. The molecule has 0 saturated heterocycles. The molecule has 1 atom stereocenters. The summed E-state index contributed by atoms with van der Waals surface area (Å²) in [5.74, 6) is -1.63. The van der Waals surface area contributed by atoms with Crippen molar-refractivity contribution < 1.29 is 19.8 Å². The van der Waals surface area contributed by atoms with E-state index in [1.165, 1.54) is 0 Å². The lowest BCUT2D eigenvalue weighted by Gasteiger charge is -2.07. The molecule has 1 aliphatic carbocycles. The molecular formula is C8H14N2O4. The van der Waals surface area contributed by atoms with E-state index in [1.807, 2.05) is 0 Å². The first-order chi connectivity index (χ1) is 6.59. The lowest BCUT2D eigenvalue weighted by Crippen LogP contribution is -2.41. The number of carboxylic acid groups (broad SMARTS) is 1. The minimum Gasteiger partial charge on any atom is -0.479 e. The zero-order chi connectivity index (χ0) is 10.6. The Morgan fingerprint density at radius 1 is 1.43 bits per heavy atom. The van der Waals surface area contributed by atoms with Crippen LogP contribution in [-0.4, -0.2) is 47.3 Å². The van der Waals surface area contributed by atoms with Gasteiger partial charge in [-0.15, -0.1) is 0 Å². The van der Waals surface area contributed by atoms with Crippen molar-refractivity contribution in [3.8, 4) is 0 Å². The predicted octanol–water partition coefficient (Wildman–Crippen LogP) is -1.70. The summed E-state index contributed by atoms with van der Waals surface area (Å²) in [6.45, 7) is -0.0719. The van der Waals surface area contributed by atoms with Crippen LogP contribution in [0.15, 0.2) is 0 Å². The number of hydrogen-bond acceptors (Lipinski definition) is 4. The molecule has 6 heteroatoms. The number of aliphatic hydroxyl groups excluding tert-OH is 1. The molecule has 1 rings (SSSR count). The normalized spacial score (nSPS) is 17.5. The van der Waals surface area contributed by atoms with Crippen LogP contribution in [0.1, 0.15) is 12.8 Å². The average Bonchev–Trinajstić information content (AvgIpc) is 2.94. The molecule has 4 N–H and O–H groups in total. The monoisotopic (exact) mass is 202 g/mol. The third-order valence-electron chi connectivity index (χ3n) is 1.91. The summed E-state index contributed by atoms with van der Waals surface area (Å²) in [5.41, 5.74) is 0. The topological polar surface area (TPSA) is 98.7 Å². The van der Waals surface area contributed by atoms with Crippen molar-refractivity contribution in [3.63, 3.8) is 0 Å². The number of carbonyl (C=O) groups is 2. The van der Waals surface area contributed by atoms with Crippen molar-refractivity contribution in [2.24, 2.45) is 0 Å². The van der Waals surface area contributed by atoms with Gasteiger partial charge in [-0.1, -0.05) is 0 Å². The minimum atomic E-state index is -1.53. The number of hydrogen-bond donors (Lipinski definition) is 4. The van der Waals surface area contributed by atoms with Gasteiger partial charge in [-0.25, -0.2) is 4.79 Å². The molecule has 0 aromatic heterocycles. The molecule has 14 heavy (non-hydrogen) atoms. The number of carboxylic acids is 1. The standard InChI is InChI=1S/C8H14N2O4/c11-6(8(13)14)3-10-7(12)4-9-5-1-2-5/h5-6,9,11H,1-4H2,(H,10,12)(H,13,14)/t6-/m0/s1. The Balaban J connectivity index is 2.04.